The summed E-state index contributed by atoms with van der Waals surface area (Å²) in [5.74, 6) is -0.000114. The molecule has 1 atom stereocenters. The van der Waals surface area contributed by atoms with Crippen LogP contribution in [0, 0.1) is 5.92 Å². The lowest BCUT2D eigenvalue weighted by atomic mass is 9.88. The molecule has 1 amide bonds. The second-order valence-electron chi connectivity index (χ2n) is 5.76. The topological polar surface area (TPSA) is 68.0 Å². The van der Waals surface area contributed by atoms with Gasteiger partial charge in [-0.25, -0.2) is 4.98 Å². The van der Waals surface area contributed by atoms with Crippen molar-refractivity contribution in [2.24, 2.45) is 11.7 Å². The van der Waals surface area contributed by atoms with Gasteiger partial charge in [0.05, 0.1) is 11.1 Å². The van der Waals surface area contributed by atoms with E-state index in [2.05, 4.69) is 10.3 Å². The first-order valence-corrected chi connectivity index (χ1v) is 7.32. The van der Waals surface area contributed by atoms with E-state index in [1.54, 1.807) is 18.2 Å². The van der Waals surface area contributed by atoms with E-state index in [0.717, 1.165) is 5.39 Å². The van der Waals surface area contributed by atoms with Gasteiger partial charge in [-0.1, -0.05) is 37.6 Å². The Balaban J connectivity index is 2.31. The number of nitrogens with one attached hydrogen (secondary N) is 1. The second-order valence-corrected chi connectivity index (χ2v) is 6.20. The maximum Gasteiger partial charge on any atom is 0.270 e. The van der Waals surface area contributed by atoms with Gasteiger partial charge in [0.25, 0.3) is 5.91 Å². The van der Waals surface area contributed by atoms with E-state index in [-0.39, 0.29) is 11.8 Å². The SMILES string of the molecule is CC(C)C(C)(CN)NC(=O)c1ccc2ccc(Cl)cc2n1. The molecular weight excluding hydrogens is 286 g/mol. The largest absolute Gasteiger partial charge is 0.344 e. The minimum absolute atomic E-state index is 0.223. The first-order chi connectivity index (χ1) is 9.85. The number of nitrogens with zero attached hydrogens (tertiary/aromatic N) is 1. The monoisotopic (exact) mass is 305 g/mol. The molecule has 0 saturated carbocycles. The lowest BCUT2D eigenvalue weighted by molar-refractivity contribution is 0.0878. The van der Waals surface area contributed by atoms with Gasteiger partial charge in [0.2, 0.25) is 0 Å². The quantitative estimate of drug-likeness (QED) is 0.912. The van der Waals surface area contributed by atoms with Crippen LogP contribution >= 0.6 is 11.6 Å². The third-order valence-electron chi connectivity index (χ3n) is 3.98. The van der Waals surface area contributed by atoms with Crippen LogP contribution in [-0.4, -0.2) is 23.0 Å². The molecule has 1 aromatic carbocycles. The summed E-state index contributed by atoms with van der Waals surface area (Å²) in [6.45, 7) is 6.37. The van der Waals surface area contributed by atoms with Crippen molar-refractivity contribution in [3.05, 3.63) is 41.0 Å². The van der Waals surface area contributed by atoms with Crippen molar-refractivity contribution >= 4 is 28.4 Å². The maximum absolute atomic E-state index is 12.4. The second kappa shape index (κ2) is 6.00. The summed E-state index contributed by atoms with van der Waals surface area (Å²) in [5.41, 5.74) is 6.40. The summed E-state index contributed by atoms with van der Waals surface area (Å²) in [7, 11) is 0. The molecule has 2 rings (SSSR count). The van der Waals surface area contributed by atoms with E-state index >= 15 is 0 Å². The lowest BCUT2D eigenvalue weighted by Gasteiger charge is -2.33. The van der Waals surface area contributed by atoms with Crippen LogP contribution in [0.2, 0.25) is 5.02 Å². The molecule has 2 aromatic rings. The summed E-state index contributed by atoms with van der Waals surface area (Å²) in [4.78, 5) is 16.8. The summed E-state index contributed by atoms with van der Waals surface area (Å²) < 4.78 is 0. The molecule has 1 heterocycles. The predicted octanol–water partition coefficient (Wildman–Crippen LogP) is 2.99. The average Bonchev–Trinajstić information content (AvgIpc) is 2.45. The van der Waals surface area contributed by atoms with Gasteiger partial charge in [0.1, 0.15) is 5.69 Å². The van der Waals surface area contributed by atoms with Gasteiger partial charge in [-0.2, -0.15) is 0 Å². The number of carbonyl (C=O) groups excluding carboxylic acids is 1. The Kier molecular flexibility index (Phi) is 4.49. The number of hydrogen-bond acceptors (Lipinski definition) is 3. The standard InChI is InChI=1S/C16H20ClN3O/c1-10(2)16(3,9-18)20-15(21)13-7-5-11-4-6-12(17)8-14(11)19-13/h4-8,10H,9,18H2,1-3H3,(H,20,21). The van der Waals surface area contributed by atoms with Gasteiger partial charge in [-0.15, -0.1) is 0 Å². The summed E-state index contributed by atoms with van der Waals surface area (Å²) in [6.07, 6.45) is 0. The molecule has 1 unspecified atom stereocenters. The first kappa shape index (κ1) is 15.7. The van der Waals surface area contributed by atoms with Crippen LogP contribution in [0.5, 0.6) is 0 Å². The maximum atomic E-state index is 12.4. The zero-order valence-electron chi connectivity index (χ0n) is 12.5. The number of carbonyl (C=O) groups is 1. The Morgan fingerprint density at radius 3 is 2.67 bits per heavy atom. The number of halogens is 1. The fourth-order valence-electron chi connectivity index (χ4n) is 1.97. The van der Waals surface area contributed by atoms with Crippen LogP contribution in [-0.2, 0) is 0 Å². The Bertz CT molecular complexity index is 672. The molecule has 0 aliphatic heterocycles. The Labute approximate surface area is 129 Å². The molecule has 112 valence electrons. The summed E-state index contributed by atoms with van der Waals surface area (Å²) in [6, 6.07) is 9.00. The van der Waals surface area contributed by atoms with Crippen LogP contribution in [0.1, 0.15) is 31.3 Å². The lowest BCUT2D eigenvalue weighted by Crippen LogP contribution is -2.55. The Morgan fingerprint density at radius 1 is 1.38 bits per heavy atom. The average molecular weight is 306 g/mol. The van der Waals surface area contributed by atoms with Gasteiger partial charge < -0.3 is 11.1 Å². The molecule has 0 aliphatic carbocycles. The molecular formula is C16H20ClN3O. The Morgan fingerprint density at radius 2 is 2.05 bits per heavy atom. The van der Waals surface area contributed by atoms with Crippen molar-refractivity contribution in [1.29, 1.82) is 0 Å². The number of fused-ring (bicyclic) bond motifs is 1. The highest BCUT2D eigenvalue weighted by Crippen LogP contribution is 2.19. The molecule has 0 saturated heterocycles. The molecule has 0 fully saturated rings. The number of pyridine rings is 1. The van der Waals surface area contributed by atoms with Crippen LogP contribution in [0.15, 0.2) is 30.3 Å². The van der Waals surface area contributed by atoms with E-state index in [4.69, 9.17) is 17.3 Å². The molecule has 0 aliphatic rings. The summed E-state index contributed by atoms with van der Waals surface area (Å²) in [5, 5.41) is 4.52. The van der Waals surface area contributed by atoms with Crippen LogP contribution in [0.4, 0.5) is 0 Å². The van der Waals surface area contributed by atoms with E-state index in [9.17, 15) is 4.79 Å². The van der Waals surface area contributed by atoms with Crippen molar-refractivity contribution in [2.75, 3.05) is 6.54 Å². The number of hydrogen-bond donors (Lipinski definition) is 2. The predicted molar refractivity (Wildman–Crippen MR) is 86.5 cm³/mol. The van der Waals surface area contributed by atoms with Gasteiger partial charge in [0, 0.05) is 17.0 Å². The molecule has 4 nitrogen and oxygen atoms in total. The van der Waals surface area contributed by atoms with Crippen LogP contribution < -0.4 is 11.1 Å². The number of amides is 1. The number of rotatable bonds is 4. The van der Waals surface area contributed by atoms with Gasteiger partial charge >= 0.3 is 0 Å². The van der Waals surface area contributed by atoms with Crippen molar-refractivity contribution in [1.82, 2.24) is 10.3 Å². The van der Waals surface area contributed by atoms with Crippen LogP contribution in [0.3, 0.4) is 0 Å². The molecule has 0 bridgehead atoms. The third-order valence-corrected chi connectivity index (χ3v) is 4.22. The van der Waals surface area contributed by atoms with E-state index in [0.29, 0.717) is 22.8 Å². The highest BCUT2D eigenvalue weighted by molar-refractivity contribution is 6.31. The highest BCUT2D eigenvalue weighted by atomic mass is 35.5. The van der Waals surface area contributed by atoms with Crippen molar-refractivity contribution in [2.45, 2.75) is 26.3 Å². The first-order valence-electron chi connectivity index (χ1n) is 6.94. The normalized spacial score (nSPS) is 14.2. The fraction of sp³-hybridized carbons (Fsp3) is 0.375. The van der Waals surface area contributed by atoms with Crippen molar-refractivity contribution in [3.63, 3.8) is 0 Å². The Hall–Kier alpha value is -1.65. The minimum Gasteiger partial charge on any atom is -0.344 e. The van der Waals surface area contributed by atoms with E-state index in [1.807, 2.05) is 32.9 Å². The molecule has 5 heteroatoms. The smallest absolute Gasteiger partial charge is 0.270 e. The minimum atomic E-state index is -0.456. The van der Waals surface area contributed by atoms with Gasteiger partial charge in [-0.05, 0) is 31.0 Å². The van der Waals surface area contributed by atoms with Crippen molar-refractivity contribution < 1.29 is 4.79 Å². The van der Waals surface area contributed by atoms with Gasteiger partial charge in [-0.3, -0.25) is 4.79 Å². The zero-order chi connectivity index (χ0) is 15.6. The zero-order valence-corrected chi connectivity index (χ0v) is 13.2. The molecule has 21 heavy (non-hydrogen) atoms. The molecule has 1 aromatic heterocycles. The molecule has 3 N–H and O–H groups in total. The molecule has 0 radical (unpaired) electrons. The summed E-state index contributed by atoms with van der Waals surface area (Å²) >= 11 is 5.96. The van der Waals surface area contributed by atoms with Gasteiger partial charge in [0.15, 0.2) is 0 Å². The van der Waals surface area contributed by atoms with E-state index < -0.39 is 5.54 Å². The number of nitrogens with two attached hydrogens (primary N) is 1. The fourth-order valence-corrected chi connectivity index (χ4v) is 2.14. The van der Waals surface area contributed by atoms with E-state index in [1.165, 1.54) is 0 Å². The third kappa shape index (κ3) is 3.34. The van der Waals surface area contributed by atoms with Crippen LogP contribution in [0.25, 0.3) is 10.9 Å². The number of aromatic nitrogens is 1. The molecule has 0 spiro atoms. The van der Waals surface area contributed by atoms with Crippen molar-refractivity contribution in [3.8, 4) is 0 Å². The highest BCUT2D eigenvalue weighted by Gasteiger charge is 2.29. The number of benzene rings is 1.